The molecule has 130 valence electrons. The van der Waals surface area contributed by atoms with E-state index in [0.29, 0.717) is 11.5 Å². The van der Waals surface area contributed by atoms with Crippen LogP contribution in [0.25, 0.3) is 10.4 Å². The lowest BCUT2D eigenvalue weighted by atomic mass is 10.1. The summed E-state index contributed by atoms with van der Waals surface area (Å²) in [4.78, 5) is 14.2. The van der Waals surface area contributed by atoms with E-state index in [9.17, 15) is 4.79 Å². The van der Waals surface area contributed by atoms with Crippen molar-refractivity contribution in [3.8, 4) is 16.2 Å². The van der Waals surface area contributed by atoms with Gasteiger partial charge in [-0.2, -0.15) is 5.10 Å². The minimum absolute atomic E-state index is 0.210. The molecule has 4 rings (SSSR count). The Morgan fingerprint density at radius 3 is 2.77 bits per heavy atom. The monoisotopic (exact) mass is 426 g/mol. The number of nitrogens with zero attached hydrogens (tertiary/aromatic N) is 1. The third-order valence-corrected chi connectivity index (χ3v) is 5.87. The highest BCUT2D eigenvalue weighted by Crippen LogP contribution is 2.42. The highest BCUT2D eigenvalue weighted by atomic mass is 79.9. The van der Waals surface area contributed by atoms with E-state index in [1.165, 1.54) is 11.3 Å². The number of halogens is 1. The zero-order valence-corrected chi connectivity index (χ0v) is 16.4. The van der Waals surface area contributed by atoms with Crippen LogP contribution in [0.4, 0.5) is 0 Å². The SMILES string of the molecule is C/C(=N\NC(=O)c1cc2c(s1)-c1ccccc1OC2)c1ccc(Br)cc1. The molecule has 1 aliphatic rings. The van der Waals surface area contributed by atoms with Crippen molar-refractivity contribution in [3.05, 3.63) is 75.1 Å². The standard InChI is InChI=1S/C20H15BrN2O2S/c1-12(13-6-8-15(21)9-7-13)22-23-20(24)18-10-14-11-25-17-5-3-2-4-16(17)19(14)26-18/h2-10H,11H2,1H3,(H,23,24)/b22-12+. The maximum Gasteiger partial charge on any atom is 0.281 e. The molecule has 0 atom stereocenters. The summed E-state index contributed by atoms with van der Waals surface area (Å²) in [5, 5.41) is 4.23. The van der Waals surface area contributed by atoms with Crippen molar-refractivity contribution in [2.45, 2.75) is 13.5 Å². The van der Waals surface area contributed by atoms with Crippen molar-refractivity contribution < 1.29 is 9.53 Å². The van der Waals surface area contributed by atoms with E-state index in [2.05, 4.69) is 26.5 Å². The van der Waals surface area contributed by atoms with Crippen LogP contribution in [0.1, 0.15) is 27.7 Å². The molecule has 26 heavy (non-hydrogen) atoms. The number of benzene rings is 2. The van der Waals surface area contributed by atoms with Gasteiger partial charge in [-0.15, -0.1) is 11.3 Å². The van der Waals surface area contributed by atoms with E-state index in [1.54, 1.807) is 0 Å². The molecule has 0 bridgehead atoms. The third-order valence-electron chi connectivity index (χ3n) is 4.13. The number of nitrogens with one attached hydrogen (secondary N) is 1. The molecule has 4 nitrogen and oxygen atoms in total. The van der Waals surface area contributed by atoms with Gasteiger partial charge >= 0.3 is 0 Å². The highest BCUT2D eigenvalue weighted by molar-refractivity contribution is 9.10. The van der Waals surface area contributed by atoms with Crippen molar-refractivity contribution in [2.75, 3.05) is 0 Å². The van der Waals surface area contributed by atoms with Crippen molar-refractivity contribution in [2.24, 2.45) is 5.10 Å². The maximum absolute atomic E-state index is 12.5. The lowest BCUT2D eigenvalue weighted by Gasteiger charge is -2.16. The number of carbonyl (C=O) groups excluding carboxylic acids is 1. The van der Waals surface area contributed by atoms with Gasteiger partial charge in [-0.1, -0.05) is 40.2 Å². The number of fused-ring (bicyclic) bond motifs is 3. The summed E-state index contributed by atoms with van der Waals surface area (Å²) in [6.07, 6.45) is 0. The van der Waals surface area contributed by atoms with Crippen LogP contribution in [0.2, 0.25) is 0 Å². The topological polar surface area (TPSA) is 50.7 Å². The van der Waals surface area contributed by atoms with E-state index in [-0.39, 0.29) is 5.91 Å². The average molecular weight is 427 g/mol. The molecule has 2 aromatic carbocycles. The maximum atomic E-state index is 12.5. The largest absolute Gasteiger partial charge is 0.488 e. The Morgan fingerprint density at radius 1 is 1.19 bits per heavy atom. The zero-order valence-electron chi connectivity index (χ0n) is 14.0. The number of amides is 1. The molecule has 1 N–H and O–H groups in total. The van der Waals surface area contributed by atoms with Crippen molar-refractivity contribution in [1.29, 1.82) is 0 Å². The predicted octanol–water partition coefficient (Wildman–Crippen LogP) is 5.22. The zero-order chi connectivity index (χ0) is 18.1. The van der Waals surface area contributed by atoms with E-state index in [1.807, 2.05) is 61.5 Å². The number of ether oxygens (including phenoxy) is 1. The van der Waals surface area contributed by atoms with Crippen LogP contribution in [-0.4, -0.2) is 11.6 Å². The Balaban J connectivity index is 1.54. The first-order valence-corrected chi connectivity index (χ1v) is 9.68. The molecule has 0 unspecified atom stereocenters. The van der Waals surface area contributed by atoms with Crippen molar-refractivity contribution in [1.82, 2.24) is 5.43 Å². The first-order chi connectivity index (χ1) is 12.6. The summed E-state index contributed by atoms with van der Waals surface area (Å²) in [7, 11) is 0. The van der Waals surface area contributed by atoms with Crippen LogP contribution < -0.4 is 10.2 Å². The van der Waals surface area contributed by atoms with Crippen molar-refractivity contribution >= 4 is 38.9 Å². The first kappa shape index (κ1) is 17.0. The minimum atomic E-state index is -0.210. The summed E-state index contributed by atoms with van der Waals surface area (Å²) in [6.45, 7) is 2.35. The smallest absolute Gasteiger partial charge is 0.281 e. The van der Waals surface area contributed by atoms with Gasteiger partial charge in [0.15, 0.2) is 0 Å². The van der Waals surface area contributed by atoms with Crippen molar-refractivity contribution in [3.63, 3.8) is 0 Å². The summed E-state index contributed by atoms with van der Waals surface area (Å²) in [6, 6.07) is 17.6. The lowest BCUT2D eigenvalue weighted by molar-refractivity contribution is 0.0959. The van der Waals surface area contributed by atoms with Gasteiger partial charge in [0.05, 0.1) is 10.6 Å². The Bertz CT molecular complexity index is 1010. The second-order valence-corrected chi connectivity index (χ2v) is 7.86. The lowest BCUT2D eigenvalue weighted by Crippen LogP contribution is -2.18. The average Bonchev–Trinajstić information content (AvgIpc) is 3.11. The molecular weight excluding hydrogens is 412 g/mol. The van der Waals surface area contributed by atoms with Crippen LogP contribution in [0.3, 0.4) is 0 Å². The van der Waals surface area contributed by atoms with E-state index < -0.39 is 0 Å². The highest BCUT2D eigenvalue weighted by Gasteiger charge is 2.22. The van der Waals surface area contributed by atoms with Gasteiger partial charge in [0.25, 0.3) is 5.91 Å². The number of para-hydroxylation sites is 1. The van der Waals surface area contributed by atoms with Gasteiger partial charge in [-0.05, 0) is 42.8 Å². The van der Waals surface area contributed by atoms with E-state index >= 15 is 0 Å². The van der Waals surface area contributed by atoms with Crippen LogP contribution in [0, 0.1) is 0 Å². The summed E-state index contributed by atoms with van der Waals surface area (Å²) >= 11 is 4.88. The van der Waals surface area contributed by atoms with E-state index in [4.69, 9.17) is 4.74 Å². The van der Waals surface area contributed by atoms with Crippen LogP contribution in [0.15, 0.2) is 64.2 Å². The van der Waals surface area contributed by atoms with Crippen LogP contribution in [-0.2, 0) is 6.61 Å². The predicted molar refractivity (Wildman–Crippen MR) is 108 cm³/mol. The molecule has 0 aliphatic carbocycles. The molecule has 0 saturated carbocycles. The molecule has 1 amide bonds. The van der Waals surface area contributed by atoms with E-state index in [0.717, 1.165) is 37.5 Å². The molecule has 2 heterocycles. The van der Waals surface area contributed by atoms with Gasteiger partial charge in [0.1, 0.15) is 12.4 Å². The normalized spacial score (nSPS) is 12.8. The fraction of sp³-hybridized carbons (Fsp3) is 0.100. The fourth-order valence-corrected chi connectivity index (χ4v) is 4.11. The molecule has 0 saturated heterocycles. The summed E-state index contributed by atoms with van der Waals surface area (Å²) in [5.74, 6) is 0.649. The number of thiophene rings is 1. The third kappa shape index (κ3) is 3.30. The van der Waals surface area contributed by atoms with Crippen LogP contribution >= 0.6 is 27.3 Å². The quantitative estimate of drug-likeness (QED) is 0.460. The molecule has 1 aromatic heterocycles. The minimum Gasteiger partial charge on any atom is -0.488 e. The Kier molecular flexibility index (Phi) is 4.61. The molecule has 3 aromatic rings. The fourth-order valence-electron chi connectivity index (χ4n) is 2.76. The van der Waals surface area contributed by atoms with Gasteiger partial charge in [0.2, 0.25) is 0 Å². The number of hydrogen-bond donors (Lipinski definition) is 1. The van der Waals surface area contributed by atoms with Gasteiger partial charge in [-0.3, -0.25) is 4.79 Å². The molecular formula is C20H15BrN2O2S. The second-order valence-electron chi connectivity index (χ2n) is 5.89. The molecule has 1 aliphatic heterocycles. The number of carbonyl (C=O) groups is 1. The summed E-state index contributed by atoms with van der Waals surface area (Å²) < 4.78 is 6.76. The Labute approximate surface area is 163 Å². The van der Waals surface area contributed by atoms with Gasteiger partial charge in [0, 0.05) is 20.5 Å². The van der Waals surface area contributed by atoms with Gasteiger partial charge < -0.3 is 4.74 Å². The Morgan fingerprint density at radius 2 is 1.96 bits per heavy atom. The van der Waals surface area contributed by atoms with Crippen LogP contribution in [0.5, 0.6) is 5.75 Å². The van der Waals surface area contributed by atoms with Gasteiger partial charge in [-0.25, -0.2) is 5.43 Å². The second kappa shape index (κ2) is 7.05. The summed E-state index contributed by atoms with van der Waals surface area (Å²) in [5.41, 5.74) is 6.43. The molecule has 6 heteroatoms. The number of hydrogen-bond acceptors (Lipinski definition) is 4. The number of rotatable bonds is 3. The number of hydrazone groups is 1. The molecule has 0 fully saturated rings. The molecule has 0 radical (unpaired) electrons. The molecule has 0 spiro atoms. The Hall–Kier alpha value is -2.44. The first-order valence-electron chi connectivity index (χ1n) is 8.07.